The third kappa shape index (κ3) is 4.54. The molecule has 0 radical (unpaired) electrons. The maximum Gasteiger partial charge on any atom is 0.254 e. The summed E-state index contributed by atoms with van der Waals surface area (Å²) in [6, 6.07) is 13.0. The van der Waals surface area contributed by atoms with E-state index in [1.807, 2.05) is 44.2 Å². The van der Waals surface area contributed by atoms with Crippen molar-refractivity contribution in [2.75, 3.05) is 18.9 Å². The number of amides is 2. The van der Waals surface area contributed by atoms with E-state index in [4.69, 9.17) is 0 Å². The molecule has 0 aliphatic rings. The smallest absolute Gasteiger partial charge is 0.254 e. The van der Waals surface area contributed by atoms with Crippen LogP contribution in [0.2, 0.25) is 0 Å². The number of nitrogens with zero attached hydrogens (tertiary/aromatic N) is 1. The number of nitrogens with one attached hydrogen (secondary N) is 1. The van der Waals surface area contributed by atoms with Crippen molar-refractivity contribution in [2.45, 2.75) is 13.8 Å². The van der Waals surface area contributed by atoms with Gasteiger partial charge in [-0.3, -0.25) is 9.59 Å². The third-order valence-electron chi connectivity index (χ3n) is 3.70. The minimum absolute atomic E-state index is 0.0121. The van der Waals surface area contributed by atoms with Crippen LogP contribution in [0.4, 0.5) is 5.69 Å². The Bertz CT molecular complexity index is 726. The van der Waals surface area contributed by atoms with Crippen LogP contribution in [0.5, 0.6) is 0 Å². The van der Waals surface area contributed by atoms with E-state index in [1.165, 1.54) is 4.90 Å². The van der Waals surface area contributed by atoms with Crippen molar-refractivity contribution in [2.24, 2.45) is 0 Å². The first kappa shape index (κ1) is 17.5. The molecule has 2 aromatic carbocycles. The molecule has 0 atom stereocenters. The van der Waals surface area contributed by atoms with Crippen LogP contribution in [0.15, 0.2) is 42.5 Å². The van der Waals surface area contributed by atoms with E-state index in [1.54, 1.807) is 19.2 Å². The lowest BCUT2D eigenvalue weighted by Crippen LogP contribution is -2.35. The summed E-state index contributed by atoms with van der Waals surface area (Å²) in [7, 11) is 1.63. The van der Waals surface area contributed by atoms with Gasteiger partial charge in [-0.05, 0) is 77.9 Å². The molecule has 120 valence electrons. The van der Waals surface area contributed by atoms with Gasteiger partial charge < -0.3 is 10.2 Å². The fraction of sp³-hybridized carbons (Fsp3) is 0.222. The molecule has 1 N–H and O–H groups in total. The average molecular weight is 422 g/mol. The summed E-state index contributed by atoms with van der Waals surface area (Å²) in [5.41, 5.74) is 3.51. The molecule has 2 rings (SSSR count). The van der Waals surface area contributed by atoms with Crippen molar-refractivity contribution in [3.63, 3.8) is 0 Å². The quantitative estimate of drug-likeness (QED) is 0.766. The minimum atomic E-state index is -0.208. The molecule has 0 aliphatic heterocycles. The molecule has 0 aromatic heterocycles. The maximum absolute atomic E-state index is 12.3. The highest BCUT2D eigenvalue weighted by molar-refractivity contribution is 14.1. The Morgan fingerprint density at radius 1 is 1.09 bits per heavy atom. The number of likely N-dealkylation sites (N-methyl/N-ethyl adjacent to an activating group) is 1. The second-order valence-electron chi connectivity index (χ2n) is 5.46. The number of aryl methyl sites for hydroxylation is 1. The number of rotatable bonds is 4. The number of carbonyl (C=O) groups excluding carboxylic acids is 2. The van der Waals surface area contributed by atoms with E-state index in [0.717, 1.165) is 20.4 Å². The molecule has 0 heterocycles. The van der Waals surface area contributed by atoms with Gasteiger partial charge in [-0.1, -0.05) is 12.1 Å². The lowest BCUT2D eigenvalue weighted by Gasteiger charge is -2.18. The highest BCUT2D eigenvalue weighted by Gasteiger charge is 2.15. The number of hydrogen-bond donors (Lipinski definition) is 1. The predicted molar refractivity (Wildman–Crippen MR) is 101 cm³/mol. The molecule has 23 heavy (non-hydrogen) atoms. The summed E-state index contributed by atoms with van der Waals surface area (Å²) in [6.07, 6.45) is 0. The number of anilines is 1. The normalized spacial score (nSPS) is 10.3. The van der Waals surface area contributed by atoms with E-state index in [-0.39, 0.29) is 18.4 Å². The highest BCUT2D eigenvalue weighted by Crippen LogP contribution is 2.18. The van der Waals surface area contributed by atoms with Crippen LogP contribution >= 0.6 is 22.6 Å². The topological polar surface area (TPSA) is 49.4 Å². The summed E-state index contributed by atoms with van der Waals surface area (Å²) >= 11 is 2.19. The predicted octanol–water partition coefficient (Wildman–Crippen LogP) is 3.62. The fourth-order valence-electron chi connectivity index (χ4n) is 2.18. The Hall–Kier alpha value is -1.89. The van der Waals surface area contributed by atoms with Crippen LogP contribution in [-0.2, 0) is 4.79 Å². The highest BCUT2D eigenvalue weighted by atomic mass is 127. The van der Waals surface area contributed by atoms with Crippen LogP contribution in [-0.4, -0.2) is 30.3 Å². The Morgan fingerprint density at radius 2 is 1.74 bits per heavy atom. The summed E-state index contributed by atoms with van der Waals surface area (Å²) in [4.78, 5) is 25.9. The number of halogens is 1. The van der Waals surface area contributed by atoms with E-state index >= 15 is 0 Å². The largest absolute Gasteiger partial charge is 0.332 e. The molecule has 2 amide bonds. The van der Waals surface area contributed by atoms with Gasteiger partial charge in [0.05, 0.1) is 6.54 Å². The van der Waals surface area contributed by atoms with Crippen LogP contribution < -0.4 is 5.32 Å². The molecule has 0 unspecified atom stereocenters. The molecular formula is C18H19IN2O2. The number of carbonyl (C=O) groups is 2. The third-order valence-corrected chi connectivity index (χ3v) is 4.42. The molecular weight excluding hydrogens is 403 g/mol. The second kappa shape index (κ2) is 7.59. The van der Waals surface area contributed by atoms with Gasteiger partial charge in [0, 0.05) is 21.9 Å². The number of benzene rings is 2. The molecule has 4 nitrogen and oxygen atoms in total. The molecule has 0 fully saturated rings. The van der Waals surface area contributed by atoms with Crippen LogP contribution in [0, 0.1) is 17.4 Å². The Labute approximate surface area is 150 Å². The monoisotopic (exact) mass is 422 g/mol. The molecule has 0 saturated heterocycles. The van der Waals surface area contributed by atoms with Crippen molar-refractivity contribution in [3.8, 4) is 0 Å². The van der Waals surface area contributed by atoms with Crippen molar-refractivity contribution in [1.29, 1.82) is 0 Å². The minimum Gasteiger partial charge on any atom is -0.332 e. The summed E-state index contributed by atoms with van der Waals surface area (Å²) in [5, 5.41) is 2.86. The van der Waals surface area contributed by atoms with E-state index in [2.05, 4.69) is 27.9 Å². The van der Waals surface area contributed by atoms with Gasteiger partial charge in [-0.25, -0.2) is 0 Å². The molecule has 0 saturated carbocycles. The summed E-state index contributed by atoms with van der Waals surface area (Å²) in [6.45, 7) is 3.97. The van der Waals surface area contributed by atoms with Gasteiger partial charge >= 0.3 is 0 Å². The molecule has 0 aliphatic carbocycles. The van der Waals surface area contributed by atoms with Gasteiger partial charge in [-0.2, -0.15) is 0 Å². The average Bonchev–Trinajstić information content (AvgIpc) is 2.52. The van der Waals surface area contributed by atoms with E-state index < -0.39 is 0 Å². The van der Waals surface area contributed by atoms with Crippen molar-refractivity contribution < 1.29 is 9.59 Å². The second-order valence-corrected chi connectivity index (χ2v) is 6.71. The standard InChI is InChI=1S/C18H19IN2O2/c1-12-5-4-6-16(13(12)2)20-17(22)11-21(3)18(23)14-7-9-15(19)10-8-14/h4-10H,11H2,1-3H3,(H,20,22). The molecule has 2 aromatic rings. The van der Waals surface area contributed by atoms with Crippen LogP contribution in [0.1, 0.15) is 21.5 Å². The number of hydrogen-bond acceptors (Lipinski definition) is 2. The molecule has 0 spiro atoms. The van der Waals surface area contributed by atoms with Gasteiger partial charge in [-0.15, -0.1) is 0 Å². The molecule has 5 heteroatoms. The Kier molecular flexibility index (Phi) is 5.76. The summed E-state index contributed by atoms with van der Waals surface area (Å²) in [5.74, 6) is -0.377. The van der Waals surface area contributed by atoms with E-state index in [9.17, 15) is 9.59 Å². The van der Waals surface area contributed by atoms with Gasteiger partial charge in [0.25, 0.3) is 5.91 Å². The first-order valence-corrected chi connectivity index (χ1v) is 8.33. The first-order valence-electron chi connectivity index (χ1n) is 7.25. The van der Waals surface area contributed by atoms with Crippen molar-refractivity contribution in [1.82, 2.24) is 4.90 Å². The van der Waals surface area contributed by atoms with E-state index in [0.29, 0.717) is 5.56 Å². The Morgan fingerprint density at radius 3 is 2.39 bits per heavy atom. The zero-order valence-electron chi connectivity index (χ0n) is 13.4. The first-order chi connectivity index (χ1) is 10.9. The van der Waals surface area contributed by atoms with Crippen LogP contribution in [0.3, 0.4) is 0 Å². The summed E-state index contributed by atoms with van der Waals surface area (Å²) < 4.78 is 1.06. The van der Waals surface area contributed by atoms with Gasteiger partial charge in [0.2, 0.25) is 5.91 Å². The lowest BCUT2D eigenvalue weighted by molar-refractivity contribution is -0.116. The lowest BCUT2D eigenvalue weighted by atomic mass is 10.1. The fourth-order valence-corrected chi connectivity index (χ4v) is 2.54. The zero-order valence-corrected chi connectivity index (χ0v) is 15.5. The zero-order chi connectivity index (χ0) is 17.0. The molecule has 0 bridgehead atoms. The van der Waals surface area contributed by atoms with Crippen molar-refractivity contribution >= 4 is 40.1 Å². The Balaban J connectivity index is 2.00. The van der Waals surface area contributed by atoms with Crippen LogP contribution in [0.25, 0.3) is 0 Å². The SMILES string of the molecule is Cc1cccc(NC(=O)CN(C)C(=O)c2ccc(I)cc2)c1C. The van der Waals surface area contributed by atoms with Crippen molar-refractivity contribution in [3.05, 3.63) is 62.7 Å². The van der Waals surface area contributed by atoms with Gasteiger partial charge in [0.1, 0.15) is 0 Å². The van der Waals surface area contributed by atoms with Gasteiger partial charge in [0.15, 0.2) is 0 Å². The maximum atomic E-state index is 12.3.